The van der Waals surface area contributed by atoms with Crippen LogP contribution < -0.4 is 0 Å². The van der Waals surface area contributed by atoms with Crippen LogP contribution in [0.1, 0.15) is 67.0 Å². The zero-order chi connectivity index (χ0) is 22.7. The highest BCUT2D eigenvalue weighted by atomic mass is 16.2. The van der Waals surface area contributed by atoms with Crippen LogP contribution in [0.25, 0.3) is 11.1 Å². The number of hydrogen-bond acceptors (Lipinski definition) is 5. The number of carbonyl (C=O) groups is 1. The maximum absolute atomic E-state index is 12.9. The molecule has 162 valence electrons. The summed E-state index contributed by atoms with van der Waals surface area (Å²) in [6.07, 6.45) is 7.21. The first kappa shape index (κ1) is 21.6. The molecule has 2 aromatic heterocycles. The second-order valence-electron chi connectivity index (χ2n) is 9.23. The van der Waals surface area contributed by atoms with Crippen molar-refractivity contribution < 1.29 is 4.79 Å². The maximum Gasteiger partial charge on any atom is 0.253 e. The van der Waals surface area contributed by atoms with Crippen molar-refractivity contribution in [1.29, 1.82) is 5.26 Å². The molecule has 1 amide bonds. The zero-order valence-corrected chi connectivity index (χ0v) is 18.7. The Morgan fingerprint density at radius 3 is 2.31 bits per heavy atom. The van der Waals surface area contributed by atoms with Crippen molar-refractivity contribution in [3.63, 3.8) is 0 Å². The molecule has 4 rings (SSSR count). The van der Waals surface area contributed by atoms with Gasteiger partial charge in [0, 0.05) is 54.1 Å². The molecule has 0 aliphatic carbocycles. The average molecular weight is 426 g/mol. The summed E-state index contributed by atoms with van der Waals surface area (Å²) in [5.41, 5.74) is 4.20. The van der Waals surface area contributed by atoms with E-state index in [1.165, 1.54) is 0 Å². The highest BCUT2D eigenvalue weighted by Gasteiger charge is 2.29. The Labute approximate surface area is 189 Å². The maximum atomic E-state index is 12.9. The summed E-state index contributed by atoms with van der Waals surface area (Å²) < 4.78 is 0. The van der Waals surface area contributed by atoms with Gasteiger partial charge in [-0.3, -0.25) is 9.78 Å². The number of hydrogen-bond donors (Lipinski definition) is 0. The molecule has 0 atom stereocenters. The molecule has 6 nitrogen and oxygen atoms in total. The third kappa shape index (κ3) is 4.52. The van der Waals surface area contributed by atoms with Gasteiger partial charge in [-0.25, -0.2) is 9.97 Å². The molecule has 1 aliphatic heterocycles. The monoisotopic (exact) mass is 425 g/mol. The molecular formula is C26H27N5O. The molecule has 0 saturated carbocycles. The van der Waals surface area contributed by atoms with Gasteiger partial charge in [-0.1, -0.05) is 20.8 Å². The topological polar surface area (TPSA) is 82.8 Å². The van der Waals surface area contributed by atoms with E-state index in [0.29, 0.717) is 24.2 Å². The Hall–Kier alpha value is -3.59. The Bertz CT molecular complexity index is 1140. The summed E-state index contributed by atoms with van der Waals surface area (Å²) in [7, 11) is 0. The molecule has 32 heavy (non-hydrogen) atoms. The minimum Gasteiger partial charge on any atom is -0.339 e. The van der Waals surface area contributed by atoms with Crippen LogP contribution in [0.4, 0.5) is 0 Å². The molecule has 1 saturated heterocycles. The van der Waals surface area contributed by atoms with E-state index in [2.05, 4.69) is 36.8 Å². The number of benzene rings is 1. The van der Waals surface area contributed by atoms with E-state index >= 15 is 0 Å². The van der Waals surface area contributed by atoms with E-state index in [0.717, 1.165) is 35.5 Å². The van der Waals surface area contributed by atoms with Gasteiger partial charge < -0.3 is 4.90 Å². The molecule has 1 aliphatic rings. The van der Waals surface area contributed by atoms with Crippen LogP contribution in [-0.2, 0) is 5.41 Å². The fourth-order valence-corrected chi connectivity index (χ4v) is 4.05. The number of amides is 1. The molecule has 3 aromatic rings. The third-order valence-electron chi connectivity index (χ3n) is 5.91. The first-order valence-corrected chi connectivity index (χ1v) is 10.9. The lowest BCUT2D eigenvalue weighted by Gasteiger charge is -2.33. The van der Waals surface area contributed by atoms with Gasteiger partial charge >= 0.3 is 0 Å². The fourth-order valence-electron chi connectivity index (χ4n) is 4.05. The molecule has 6 heteroatoms. The molecule has 0 N–H and O–H groups in total. The summed E-state index contributed by atoms with van der Waals surface area (Å²) in [5.74, 6) is 1.11. The highest BCUT2D eigenvalue weighted by Crippen LogP contribution is 2.35. The second-order valence-corrected chi connectivity index (χ2v) is 9.23. The Balaban J connectivity index is 1.57. The Kier molecular flexibility index (Phi) is 6.00. The first-order valence-electron chi connectivity index (χ1n) is 10.9. The summed E-state index contributed by atoms with van der Waals surface area (Å²) in [6, 6.07) is 12.9. The first-order chi connectivity index (χ1) is 15.4. The lowest BCUT2D eigenvalue weighted by Crippen LogP contribution is -2.38. The van der Waals surface area contributed by atoms with Crippen LogP contribution in [0.2, 0.25) is 0 Å². The lowest BCUT2D eigenvalue weighted by atomic mass is 9.87. The highest BCUT2D eigenvalue weighted by molar-refractivity contribution is 5.94. The number of nitriles is 1. The number of nitrogens with zero attached hydrogens (tertiary/aromatic N) is 5. The van der Waals surface area contributed by atoms with E-state index in [1.54, 1.807) is 36.7 Å². The summed E-state index contributed by atoms with van der Waals surface area (Å²) in [6.45, 7) is 7.72. The van der Waals surface area contributed by atoms with Gasteiger partial charge in [-0.15, -0.1) is 0 Å². The summed E-state index contributed by atoms with van der Waals surface area (Å²) in [4.78, 5) is 28.6. The minimum absolute atomic E-state index is 0.0142. The van der Waals surface area contributed by atoms with Crippen molar-refractivity contribution in [1.82, 2.24) is 19.9 Å². The van der Waals surface area contributed by atoms with Crippen molar-refractivity contribution in [2.45, 2.75) is 44.9 Å². The molecule has 0 radical (unpaired) electrons. The number of likely N-dealkylation sites (tertiary alicyclic amines) is 1. The van der Waals surface area contributed by atoms with E-state index in [4.69, 9.17) is 10.2 Å². The van der Waals surface area contributed by atoms with Gasteiger partial charge in [0.05, 0.1) is 17.3 Å². The van der Waals surface area contributed by atoms with Gasteiger partial charge in [-0.2, -0.15) is 5.26 Å². The lowest BCUT2D eigenvalue weighted by molar-refractivity contribution is 0.0712. The largest absolute Gasteiger partial charge is 0.339 e. The van der Waals surface area contributed by atoms with E-state index in [1.807, 2.05) is 23.2 Å². The third-order valence-corrected chi connectivity index (χ3v) is 5.91. The van der Waals surface area contributed by atoms with Crippen LogP contribution in [-0.4, -0.2) is 38.8 Å². The van der Waals surface area contributed by atoms with Crippen LogP contribution in [0, 0.1) is 11.3 Å². The smallest absolute Gasteiger partial charge is 0.253 e. The number of carbonyl (C=O) groups excluding carboxylic acids is 1. The number of aromatic nitrogens is 3. The number of rotatable bonds is 3. The molecule has 1 fully saturated rings. The molecule has 3 heterocycles. The average Bonchev–Trinajstić information content (AvgIpc) is 2.83. The fraction of sp³-hybridized carbons (Fsp3) is 0.346. The minimum atomic E-state index is -0.141. The normalized spacial score (nSPS) is 14.8. The predicted octanol–water partition coefficient (Wildman–Crippen LogP) is 4.73. The Morgan fingerprint density at radius 1 is 1.06 bits per heavy atom. The summed E-state index contributed by atoms with van der Waals surface area (Å²) in [5, 5.41) is 8.97. The molecular weight excluding hydrogens is 398 g/mol. The van der Waals surface area contributed by atoms with Gasteiger partial charge in [0.2, 0.25) is 0 Å². The van der Waals surface area contributed by atoms with E-state index < -0.39 is 0 Å². The van der Waals surface area contributed by atoms with Crippen molar-refractivity contribution in [3.05, 3.63) is 77.6 Å². The standard InChI is InChI=1S/C26H27N5O/c1-26(2,3)25-29-17-22(19-8-12-28-13-9-19)23(30-25)20-10-14-31(15-11-20)24(32)21-6-4-18(16-27)5-7-21/h4-9,12-13,17,20H,10-11,14-15H2,1-3H3. The quantitative estimate of drug-likeness (QED) is 0.606. The molecule has 0 unspecified atom stereocenters. The number of piperidine rings is 1. The number of pyridine rings is 1. The molecule has 0 bridgehead atoms. The van der Waals surface area contributed by atoms with Gasteiger partial charge in [0.25, 0.3) is 5.91 Å². The SMILES string of the molecule is CC(C)(C)c1ncc(-c2ccncc2)c(C2CCN(C(=O)c3ccc(C#N)cc3)CC2)n1. The van der Waals surface area contributed by atoms with Crippen molar-refractivity contribution in [2.75, 3.05) is 13.1 Å². The van der Waals surface area contributed by atoms with Crippen LogP contribution in [0.3, 0.4) is 0 Å². The second kappa shape index (κ2) is 8.88. The van der Waals surface area contributed by atoms with Gasteiger partial charge in [-0.05, 0) is 54.8 Å². The molecule has 0 spiro atoms. The zero-order valence-electron chi connectivity index (χ0n) is 18.7. The van der Waals surface area contributed by atoms with Crippen molar-refractivity contribution in [3.8, 4) is 17.2 Å². The van der Waals surface area contributed by atoms with Crippen LogP contribution >= 0.6 is 0 Å². The summed E-state index contributed by atoms with van der Waals surface area (Å²) >= 11 is 0. The van der Waals surface area contributed by atoms with Crippen molar-refractivity contribution in [2.24, 2.45) is 0 Å². The van der Waals surface area contributed by atoms with Crippen LogP contribution in [0.15, 0.2) is 55.0 Å². The van der Waals surface area contributed by atoms with Crippen LogP contribution in [0.5, 0.6) is 0 Å². The van der Waals surface area contributed by atoms with Crippen molar-refractivity contribution >= 4 is 5.91 Å². The molecule has 1 aromatic carbocycles. The van der Waals surface area contributed by atoms with E-state index in [9.17, 15) is 4.79 Å². The van der Waals surface area contributed by atoms with Gasteiger partial charge in [0.1, 0.15) is 5.82 Å². The predicted molar refractivity (Wildman–Crippen MR) is 123 cm³/mol. The van der Waals surface area contributed by atoms with E-state index in [-0.39, 0.29) is 17.2 Å². The Morgan fingerprint density at radius 2 is 1.72 bits per heavy atom. The van der Waals surface area contributed by atoms with Gasteiger partial charge in [0.15, 0.2) is 0 Å².